The van der Waals surface area contributed by atoms with Gasteiger partial charge in [-0.3, -0.25) is 19.7 Å². The summed E-state index contributed by atoms with van der Waals surface area (Å²) in [6, 6.07) is 4.90. The van der Waals surface area contributed by atoms with Gasteiger partial charge in [0.15, 0.2) is 0 Å². The van der Waals surface area contributed by atoms with Crippen LogP contribution < -0.4 is 15.4 Å². The Hall–Kier alpha value is -2.45. The molecule has 1 atom stereocenters. The summed E-state index contributed by atoms with van der Waals surface area (Å²) >= 11 is 0. The molecule has 162 valence electrons. The van der Waals surface area contributed by atoms with Crippen LogP contribution in [0.3, 0.4) is 0 Å². The van der Waals surface area contributed by atoms with Gasteiger partial charge in [0.25, 0.3) is 5.91 Å². The zero-order valence-electron chi connectivity index (χ0n) is 17.3. The van der Waals surface area contributed by atoms with E-state index in [1.165, 1.54) is 0 Å². The predicted octanol–water partition coefficient (Wildman–Crippen LogP) is 0.902. The first-order chi connectivity index (χ1) is 14.6. The van der Waals surface area contributed by atoms with E-state index in [1.54, 1.807) is 11.0 Å². The van der Waals surface area contributed by atoms with Crippen molar-refractivity contribution in [3.63, 3.8) is 0 Å². The summed E-state index contributed by atoms with van der Waals surface area (Å²) < 4.78 is 6.01. The van der Waals surface area contributed by atoms with Gasteiger partial charge in [0.2, 0.25) is 11.8 Å². The Morgan fingerprint density at radius 1 is 1.07 bits per heavy atom. The lowest BCUT2D eigenvalue weighted by Crippen LogP contribution is -2.52. The number of rotatable bonds is 8. The predicted molar refractivity (Wildman–Crippen MR) is 111 cm³/mol. The largest absolute Gasteiger partial charge is 0.493 e. The van der Waals surface area contributed by atoms with Crippen LogP contribution in [0.1, 0.15) is 48.0 Å². The Labute approximate surface area is 176 Å². The fourth-order valence-corrected chi connectivity index (χ4v) is 4.42. The Morgan fingerprint density at radius 2 is 1.90 bits per heavy atom. The Bertz CT molecular complexity index is 806. The third kappa shape index (κ3) is 4.65. The number of hydrogen-bond donors (Lipinski definition) is 2. The topological polar surface area (TPSA) is 91.0 Å². The van der Waals surface area contributed by atoms with Gasteiger partial charge in [0.1, 0.15) is 11.8 Å². The molecule has 1 unspecified atom stereocenters. The van der Waals surface area contributed by atoms with Crippen molar-refractivity contribution in [1.82, 2.24) is 20.4 Å². The molecule has 3 heterocycles. The summed E-state index contributed by atoms with van der Waals surface area (Å²) in [5.41, 5.74) is 1.43. The van der Waals surface area contributed by atoms with E-state index in [4.69, 9.17) is 4.74 Å². The van der Waals surface area contributed by atoms with Crippen LogP contribution in [0, 0.1) is 0 Å². The van der Waals surface area contributed by atoms with Crippen LogP contribution >= 0.6 is 0 Å². The van der Waals surface area contributed by atoms with E-state index in [0.29, 0.717) is 25.1 Å². The first-order valence-electron chi connectivity index (χ1n) is 11.0. The molecule has 3 aliphatic rings. The fourth-order valence-electron chi connectivity index (χ4n) is 4.42. The van der Waals surface area contributed by atoms with Crippen LogP contribution in [-0.4, -0.2) is 72.9 Å². The highest BCUT2D eigenvalue weighted by atomic mass is 16.5. The molecule has 0 aliphatic carbocycles. The van der Waals surface area contributed by atoms with Gasteiger partial charge in [-0.15, -0.1) is 0 Å². The number of imide groups is 1. The number of nitrogens with one attached hydrogen (secondary N) is 2. The van der Waals surface area contributed by atoms with Crippen LogP contribution in [0.25, 0.3) is 0 Å². The van der Waals surface area contributed by atoms with Crippen molar-refractivity contribution >= 4 is 17.7 Å². The maximum Gasteiger partial charge on any atom is 0.255 e. The van der Waals surface area contributed by atoms with Crippen molar-refractivity contribution in [2.75, 3.05) is 39.3 Å². The van der Waals surface area contributed by atoms with Gasteiger partial charge in [-0.05, 0) is 44.4 Å². The molecule has 2 saturated heterocycles. The highest BCUT2D eigenvalue weighted by Gasteiger charge is 2.40. The molecule has 3 amide bonds. The van der Waals surface area contributed by atoms with Crippen molar-refractivity contribution in [2.24, 2.45) is 0 Å². The summed E-state index contributed by atoms with van der Waals surface area (Å²) in [5.74, 6) is -0.112. The highest BCUT2D eigenvalue weighted by molar-refractivity contribution is 6.05. The number of ether oxygens (including phenoxy) is 1. The summed E-state index contributed by atoms with van der Waals surface area (Å²) in [7, 11) is 0. The number of benzene rings is 1. The first-order valence-corrected chi connectivity index (χ1v) is 11.0. The van der Waals surface area contributed by atoms with Crippen molar-refractivity contribution < 1.29 is 19.1 Å². The molecule has 8 heteroatoms. The number of carbonyl (C=O) groups is 3. The van der Waals surface area contributed by atoms with Crippen molar-refractivity contribution in [3.8, 4) is 5.75 Å². The summed E-state index contributed by atoms with van der Waals surface area (Å²) in [4.78, 5) is 40.5. The Balaban J connectivity index is 1.27. The third-order valence-corrected chi connectivity index (χ3v) is 6.12. The normalized spacial score (nSPS) is 22.2. The number of nitrogens with zero attached hydrogens (tertiary/aromatic N) is 2. The lowest BCUT2D eigenvalue weighted by molar-refractivity contribution is -0.136. The zero-order chi connectivity index (χ0) is 20.9. The Kier molecular flexibility index (Phi) is 6.64. The maximum atomic E-state index is 12.8. The van der Waals surface area contributed by atoms with Crippen molar-refractivity contribution in [3.05, 3.63) is 29.3 Å². The molecular weight excluding hydrogens is 384 g/mol. The standard InChI is InChI=1S/C22H30N4O4/c27-20-8-7-18(21(28)24-20)26-15-17-16(22(26)29)5-4-6-19(17)30-14-3-1-2-11-25-12-9-23-10-13-25/h4-6,18,23H,1-3,7-15H2,(H,24,27,28). The van der Waals surface area contributed by atoms with E-state index in [-0.39, 0.29) is 24.1 Å². The van der Waals surface area contributed by atoms with Gasteiger partial charge < -0.3 is 19.9 Å². The second-order valence-electron chi connectivity index (χ2n) is 8.18. The molecule has 1 aromatic carbocycles. The van der Waals surface area contributed by atoms with Crippen LogP contribution in [0.15, 0.2) is 18.2 Å². The molecule has 0 radical (unpaired) electrons. The minimum atomic E-state index is -0.597. The van der Waals surface area contributed by atoms with Crippen LogP contribution in [-0.2, 0) is 16.1 Å². The average molecular weight is 415 g/mol. The molecule has 3 aliphatic heterocycles. The summed E-state index contributed by atoms with van der Waals surface area (Å²) in [5, 5.41) is 5.71. The van der Waals surface area contributed by atoms with Gasteiger partial charge in [-0.1, -0.05) is 6.07 Å². The zero-order valence-corrected chi connectivity index (χ0v) is 17.3. The minimum absolute atomic E-state index is 0.166. The molecular formula is C22H30N4O4. The van der Waals surface area contributed by atoms with Gasteiger partial charge in [-0.2, -0.15) is 0 Å². The number of hydrogen-bond acceptors (Lipinski definition) is 6. The SMILES string of the molecule is O=C1CCC(N2Cc3c(OCCCCCN4CCNCC4)cccc3C2=O)C(=O)N1. The minimum Gasteiger partial charge on any atom is -0.493 e. The molecule has 1 aromatic rings. The van der Waals surface area contributed by atoms with E-state index in [1.807, 2.05) is 12.1 Å². The van der Waals surface area contributed by atoms with Gasteiger partial charge in [0.05, 0.1) is 13.2 Å². The number of unbranched alkanes of at least 4 members (excludes halogenated alkanes) is 2. The number of piperidine rings is 1. The molecule has 0 bridgehead atoms. The average Bonchev–Trinajstić information content (AvgIpc) is 3.08. The monoisotopic (exact) mass is 414 g/mol. The number of carbonyl (C=O) groups excluding carboxylic acids is 3. The smallest absolute Gasteiger partial charge is 0.255 e. The van der Waals surface area contributed by atoms with Gasteiger partial charge in [0, 0.05) is 43.7 Å². The quantitative estimate of drug-likeness (QED) is 0.485. The fraction of sp³-hybridized carbons (Fsp3) is 0.591. The first kappa shape index (κ1) is 20.8. The lowest BCUT2D eigenvalue weighted by atomic mass is 10.0. The van der Waals surface area contributed by atoms with Crippen LogP contribution in [0.2, 0.25) is 0 Å². The molecule has 2 N–H and O–H groups in total. The number of fused-ring (bicyclic) bond motifs is 1. The molecule has 8 nitrogen and oxygen atoms in total. The van der Waals surface area contributed by atoms with E-state index >= 15 is 0 Å². The van der Waals surface area contributed by atoms with Crippen LogP contribution in [0.4, 0.5) is 0 Å². The van der Waals surface area contributed by atoms with Gasteiger partial charge in [-0.25, -0.2) is 0 Å². The second kappa shape index (κ2) is 9.57. The van der Waals surface area contributed by atoms with E-state index < -0.39 is 6.04 Å². The second-order valence-corrected chi connectivity index (χ2v) is 8.18. The molecule has 2 fully saturated rings. The third-order valence-electron chi connectivity index (χ3n) is 6.12. The summed E-state index contributed by atoms with van der Waals surface area (Å²) in [6.07, 6.45) is 3.88. The lowest BCUT2D eigenvalue weighted by Gasteiger charge is -2.29. The van der Waals surface area contributed by atoms with Crippen molar-refractivity contribution in [1.29, 1.82) is 0 Å². The number of piperazine rings is 1. The molecule has 4 rings (SSSR count). The van der Waals surface area contributed by atoms with E-state index in [9.17, 15) is 14.4 Å². The molecule has 30 heavy (non-hydrogen) atoms. The van der Waals surface area contributed by atoms with E-state index in [0.717, 1.165) is 63.3 Å². The highest BCUT2D eigenvalue weighted by Crippen LogP contribution is 2.33. The molecule has 0 aromatic heterocycles. The Morgan fingerprint density at radius 3 is 2.70 bits per heavy atom. The van der Waals surface area contributed by atoms with E-state index in [2.05, 4.69) is 15.5 Å². The maximum absolute atomic E-state index is 12.8. The summed E-state index contributed by atoms with van der Waals surface area (Å²) in [6.45, 7) is 6.52. The van der Waals surface area contributed by atoms with Crippen molar-refractivity contribution in [2.45, 2.75) is 44.7 Å². The number of amides is 3. The molecule has 0 spiro atoms. The van der Waals surface area contributed by atoms with Gasteiger partial charge >= 0.3 is 0 Å². The molecule has 0 saturated carbocycles. The van der Waals surface area contributed by atoms with Crippen LogP contribution in [0.5, 0.6) is 5.75 Å².